The topological polar surface area (TPSA) is 55.1 Å². The maximum atomic E-state index is 13.5. The molecule has 0 aliphatic rings. The van der Waals surface area contributed by atoms with Crippen LogP contribution in [0.1, 0.15) is 25.3 Å². The molecule has 1 rings (SSSR count). The number of nitrogens with one attached hydrogen (secondary N) is 1. The van der Waals surface area contributed by atoms with Gasteiger partial charge in [0.05, 0.1) is 22.2 Å². The van der Waals surface area contributed by atoms with Crippen LogP contribution in [-0.4, -0.2) is 10.9 Å². The molecule has 0 aliphatic carbocycles. The number of hydrogen-bond acceptors (Lipinski definition) is 2. The molecular formula is C13H14F4N2OS. The van der Waals surface area contributed by atoms with Crippen molar-refractivity contribution in [2.45, 2.75) is 25.9 Å². The molecule has 0 aromatic heterocycles. The lowest BCUT2D eigenvalue weighted by Gasteiger charge is -2.16. The van der Waals surface area contributed by atoms with Gasteiger partial charge in [-0.05, 0) is 24.6 Å². The Hall–Kier alpha value is -1.70. The summed E-state index contributed by atoms with van der Waals surface area (Å²) in [5.74, 6) is -2.53. The number of anilines is 1. The van der Waals surface area contributed by atoms with E-state index >= 15 is 0 Å². The second-order valence-corrected chi connectivity index (χ2v) is 4.90. The van der Waals surface area contributed by atoms with E-state index in [9.17, 15) is 22.4 Å². The average Bonchev–Trinajstić information content (AvgIpc) is 2.36. The Kier molecular flexibility index (Phi) is 5.65. The fourth-order valence-electron chi connectivity index (χ4n) is 1.71. The molecule has 3 nitrogen and oxygen atoms in total. The molecule has 1 aromatic rings. The Morgan fingerprint density at radius 3 is 2.52 bits per heavy atom. The lowest BCUT2D eigenvalue weighted by atomic mass is 10.0. The second kappa shape index (κ2) is 6.84. The van der Waals surface area contributed by atoms with Gasteiger partial charge in [-0.1, -0.05) is 25.6 Å². The van der Waals surface area contributed by atoms with Gasteiger partial charge in [-0.25, -0.2) is 4.39 Å². The van der Waals surface area contributed by atoms with Gasteiger partial charge in [-0.15, -0.1) is 0 Å². The number of benzene rings is 1. The van der Waals surface area contributed by atoms with E-state index in [1.807, 2.05) is 0 Å². The predicted octanol–water partition coefficient (Wildman–Crippen LogP) is 3.49. The van der Waals surface area contributed by atoms with Crippen molar-refractivity contribution in [3.63, 3.8) is 0 Å². The molecule has 0 bridgehead atoms. The molecule has 8 heteroatoms. The highest BCUT2D eigenvalue weighted by atomic mass is 32.1. The molecule has 1 unspecified atom stereocenters. The van der Waals surface area contributed by atoms with Crippen molar-refractivity contribution in [1.82, 2.24) is 0 Å². The van der Waals surface area contributed by atoms with E-state index in [4.69, 9.17) is 18.0 Å². The van der Waals surface area contributed by atoms with Crippen LogP contribution < -0.4 is 11.1 Å². The molecule has 3 N–H and O–H groups in total. The fraction of sp³-hybridized carbons (Fsp3) is 0.385. The molecule has 1 amide bonds. The van der Waals surface area contributed by atoms with Crippen molar-refractivity contribution in [1.29, 1.82) is 0 Å². The van der Waals surface area contributed by atoms with Gasteiger partial charge in [0.25, 0.3) is 0 Å². The van der Waals surface area contributed by atoms with Crippen LogP contribution in [0.25, 0.3) is 0 Å². The Balaban J connectivity index is 3.01. The maximum absolute atomic E-state index is 13.5. The monoisotopic (exact) mass is 322 g/mol. The summed E-state index contributed by atoms with van der Waals surface area (Å²) in [6.45, 7) is 1.80. The van der Waals surface area contributed by atoms with Gasteiger partial charge in [0, 0.05) is 0 Å². The Labute approximate surface area is 124 Å². The maximum Gasteiger partial charge on any atom is 0.416 e. The third-order valence-corrected chi connectivity index (χ3v) is 3.07. The van der Waals surface area contributed by atoms with Crippen LogP contribution in [0.2, 0.25) is 0 Å². The van der Waals surface area contributed by atoms with Crippen LogP contribution in [0.3, 0.4) is 0 Å². The molecule has 0 fully saturated rings. The number of nitrogens with two attached hydrogens (primary N) is 1. The minimum atomic E-state index is -4.63. The van der Waals surface area contributed by atoms with Crippen LogP contribution in [0.4, 0.5) is 23.2 Å². The number of thiocarbonyl (C=S) groups is 1. The molecule has 0 spiro atoms. The molecular weight excluding hydrogens is 308 g/mol. The smallest absolute Gasteiger partial charge is 0.393 e. The van der Waals surface area contributed by atoms with Gasteiger partial charge in [0.2, 0.25) is 5.91 Å². The summed E-state index contributed by atoms with van der Waals surface area (Å²) >= 11 is 4.74. The summed E-state index contributed by atoms with van der Waals surface area (Å²) in [4.78, 5) is 11.8. The first kappa shape index (κ1) is 17.4. The molecule has 1 aromatic carbocycles. The van der Waals surface area contributed by atoms with Crippen molar-refractivity contribution in [3.05, 3.63) is 29.6 Å². The first-order valence-electron chi connectivity index (χ1n) is 6.13. The first-order chi connectivity index (χ1) is 9.66. The zero-order chi connectivity index (χ0) is 16.2. The summed E-state index contributed by atoms with van der Waals surface area (Å²) in [6, 6.07) is 1.78. The molecule has 116 valence electrons. The molecule has 0 saturated carbocycles. The minimum absolute atomic E-state index is 0.0817. The first-order valence-corrected chi connectivity index (χ1v) is 6.54. The fourth-order valence-corrected chi connectivity index (χ4v) is 1.93. The lowest BCUT2D eigenvalue weighted by molar-refractivity contribution is -0.137. The number of halogens is 4. The Morgan fingerprint density at radius 1 is 1.43 bits per heavy atom. The minimum Gasteiger partial charge on any atom is -0.393 e. The van der Waals surface area contributed by atoms with E-state index < -0.39 is 35.1 Å². The standard InChI is InChI=1S/C13H14F4N2OS/c1-2-3-8(11(18)21)12(20)19-10-6-7(13(15,16)17)4-5-9(10)14/h4-6,8H,2-3H2,1H3,(H2,18,21)(H,19,20). The zero-order valence-electron chi connectivity index (χ0n) is 11.1. The number of rotatable bonds is 5. The summed E-state index contributed by atoms with van der Waals surface area (Å²) < 4.78 is 51.2. The van der Waals surface area contributed by atoms with Crippen LogP contribution in [-0.2, 0) is 11.0 Å². The SMILES string of the molecule is CCCC(C(=O)Nc1cc(C(F)(F)F)ccc1F)C(N)=S. The summed E-state index contributed by atoms with van der Waals surface area (Å²) in [7, 11) is 0. The van der Waals surface area contributed by atoms with Crippen LogP contribution in [0.15, 0.2) is 18.2 Å². The largest absolute Gasteiger partial charge is 0.416 e. The number of carbonyl (C=O) groups excluding carboxylic acids is 1. The Morgan fingerprint density at radius 2 is 2.05 bits per heavy atom. The van der Waals surface area contributed by atoms with Gasteiger partial charge in [0.15, 0.2) is 0 Å². The second-order valence-electron chi connectivity index (χ2n) is 4.43. The van der Waals surface area contributed by atoms with E-state index in [0.717, 1.165) is 0 Å². The van der Waals surface area contributed by atoms with E-state index in [0.29, 0.717) is 31.0 Å². The zero-order valence-corrected chi connectivity index (χ0v) is 11.9. The highest BCUT2D eigenvalue weighted by Crippen LogP contribution is 2.32. The highest BCUT2D eigenvalue weighted by molar-refractivity contribution is 7.80. The van der Waals surface area contributed by atoms with Gasteiger partial charge < -0.3 is 11.1 Å². The normalized spacial score (nSPS) is 12.8. The molecule has 0 heterocycles. The molecule has 0 aliphatic heterocycles. The third-order valence-electron chi connectivity index (χ3n) is 2.79. The number of alkyl halides is 3. The molecule has 21 heavy (non-hydrogen) atoms. The molecule has 1 atom stereocenters. The van der Waals surface area contributed by atoms with Gasteiger partial charge in [-0.3, -0.25) is 4.79 Å². The van der Waals surface area contributed by atoms with Crippen LogP contribution in [0, 0.1) is 11.7 Å². The van der Waals surface area contributed by atoms with E-state index in [1.165, 1.54) is 0 Å². The van der Waals surface area contributed by atoms with Crippen molar-refractivity contribution in [2.75, 3.05) is 5.32 Å². The van der Waals surface area contributed by atoms with Crippen molar-refractivity contribution >= 4 is 28.8 Å². The summed E-state index contributed by atoms with van der Waals surface area (Å²) in [5.41, 5.74) is 3.81. The van der Waals surface area contributed by atoms with Gasteiger partial charge in [-0.2, -0.15) is 13.2 Å². The van der Waals surface area contributed by atoms with Crippen molar-refractivity contribution in [3.8, 4) is 0 Å². The van der Waals surface area contributed by atoms with Gasteiger partial charge >= 0.3 is 6.18 Å². The van der Waals surface area contributed by atoms with Crippen LogP contribution in [0.5, 0.6) is 0 Å². The predicted molar refractivity (Wildman–Crippen MR) is 75.2 cm³/mol. The Bertz CT molecular complexity index is 545. The van der Waals surface area contributed by atoms with E-state index in [-0.39, 0.29) is 4.99 Å². The van der Waals surface area contributed by atoms with E-state index in [2.05, 4.69) is 5.32 Å². The highest BCUT2D eigenvalue weighted by Gasteiger charge is 2.31. The quantitative estimate of drug-likeness (QED) is 0.644. The van der Waals surface area contributed by atoms with Gasteiger partial charge in [0.1, 0.15) is 5.82 Å². The number of amides is 1. The number of carbonyl (C=O) groups is 1. The van der Waals surface area contributed by atoms with Crippen molar-refractivity contribution < 1.29 is 22.4 Å². The van der Waals surface area contributed by atoms with E-state index in [1.54, 1.807) is 6.92 Å². The van der Waals surface area contributed by atoms with Crippen molar-refractivity contribution in [2.24, 2.45) is 11.7 Å². The lowest BCUT2D eigenvalue weighted by Crippen LogP contribution is -2.33. The third kappa shape index (κ3) is 4.66. The number of hydrogen-bond donors (Lipinski definition) is 2. The summed E-state index contributed by atoms with van der Waals surface area (Å²) in [5, 5.41) is 2.11. The average molecular weight is 322 g/mol. The molecule has 0 radical (unpaired) electrons. The molecule has 0 saturated heterocycles. The van der Waals surface area contributed by atoms with Crippen LogP contribution >= 0.6 is 12.2 Å². The summed E-state index contributed by atoms with van der Waals surface area (Å²) in [6.07, 6.45) is -3.69.